The van der Waals surface area contributed by atoms with Crippen LogP contribution in [0.3, 0.4) is 0 Å². The van der Waals surface area contributed by atoms with E-state index in [1.54, 1.807) is 29.5 Å². The molecule has 0 radical (unpaired) electrons. The number of ether oxygens (including phenoxy) is 1. The molecule has 0 bridgehead atoms. The van der Waals surface area contributed by atoms with Gasteiger partial charge in [0.15, 0.2) is 0 Å². The number of nitrogens with one attached hydrogen (secondary N) is 2. The van der Waals surface area contributed by atoms with Gasteiger partial charge in [-0.2, -0.15) is 16.4 Å². The van der Waals surface area contributed by atoms with E-state index >= 15 is 0 Å². The zero-order chi connectivity index (χ0) is 21.1. The second-order valence-corrected chi connectivity index (χ2v) is 7.27. The second kappa shape index (κ2) is 8.46. The third-order valence-electron chi connectivity index (χ3n) is 4.58. The normalized spacial score (nSPS) is 11.3. The predicted octanol–water partition coefficient (Wildman–Crippen LogP) is 5.01. The molecular weight excluding hydrogens is 408 g/mol. The van der Waals surface area contributed by atoms with Crippen molar-refractivity contribution in [3.8, 4) is 5.75 Å². The Morgan fingerprint density at radius 3 is 2.83 bits per heavy atom. The summed E-state index contributed by atoms with van der Waals surface area (Å²) in [5.41, 5.74) is 2.74. The van der Waals surface area contributed by atoms with Crippen molar-refractivity contribution in [3.63, 3.8) is 0 Å². The molecule has 2 aromatic carbocycles. The molecule has 0 aliphatic rings. The third kappa shape index (κ3) is 3.95. The van der Waals surface area contributed by atoms with Crippen LogP contribution < -0.4 is 10.1 Å². The lowest BCUT2D eigenvalue weighted by Crippen LogP contribution is -2.23. The van der Waals surface area contributed by atoms with Crippen molar-refractivity contribution in [2.24, 2.45) is 0 Å². The lowest BCUT2D eigenvalue weighted by Gasteiger charge is -2.10. The molecule has 8 heteroatoms. The van der Waals surface area contributed by atoms with Crippen molar-refractivity contribution in [2.45, 2.75) is 6.54 Å². The lowest BCUT2D eigenvalue weighted by atomic mass is 10.1. The first-order valence-electron chi connectivity index (χ1n) is 9.04. The minimum Gasteiger partial charge on any atom is -0.495 e. The van der Waals surface area contributed by atoms with Crippen molar-refractivity contribution in [1.29, 1.82) is 0 Å². The quantitative estimate of drug-likeness (QED) is 0.456. The first kappa shape index (κ1) is 19.8. The zero-order valence-electron chi connectivity index (χ0n) is 15.9. The molecule has 0 unspecified atom stereocenters. The van der Waals surface area contributed by atoms with Gasteiger partial charge in [-0.3, -0.25) is 9.89 Å². The van der Waals surface area contributed by atoms with Crippen LogP contribution in [0, 0.1) is 11.6 Å². The number of methoxy groups -OCH3 is 1. The van der Waals surface area contributed by atoms with E-state index in [2.05, 4.69) is 15.5 Å². The van der Waals surface area contributed by atoms with Crippen LogP contribution in [0.1, 0.15) is 27.2 Å². The number of aromatic amines is 1. The third-order valence-corrected chi connectivity index (χ3v) is 5.31. The number of aromatic nitrogens is 2. The highest BCUT2D eigenvalue weighted by atomic mass is 32.1. The van der Waals surface area contributed by atoms with Crippen LogP contribution in [0.4, 0.5) is 8.78 Å². The van der Waals surface area contributed by atoms with Crippen molar-refractivity contribution < 1.29 is 18.3 Å². The van der Waals surface area contributed by atoms with E-state index in [9.17, 15) is 13.6 Å². The minimum atomic E-state index is -0.674. The molecule has 5 nitrogen and oxygen atoms in total. The van der Waals surface area contributed by atoms with E-state index in [0.29, 0.717) is 34.5 Å². The van der Waals surface area contributed by atoms with Crippen LogP contribution in [0.2, 0.25) is 0 Å². The predicted molar refractivity (Wildman–Crippen MR) is 113 cm³/mol. The fraction of sp³-hybridized carbons (Fsp3) is 0.0909. The van der Waals surface area contributed by atoms with Gasteiger partial charge in [0, 0.05) is 18.2 Å². The summed E-state index contributed by atoms with van der Waals surface area (Å²) in [4.78, 5) is 12.7. The Labute approximate surface area is 175 Å². The zero-order valence-corrected chi connectivity index (χ0v) is 16.7. The maximum absolute atomic E-state index is 13.9. The Balaban J connectivity index is 1.67. The molecule has 2 N–H and O–H groups in total. The summed E-state index contributed by atoms with van der Waals surface area (Å²) >= 11 is 1.56. The summed E-state index contributed by atoms with van der Waals surface area (Å²) in [5, 5.41) is 14.5. The van der Waals surface area contributed by atoms with E-state index in [4.69, 9.17) is 4.74 Å². The summed E-state index contributed by atoms with van der Waals surface area (Å²) < 4.78 is 32.6. The maximum atomic E-state index is 13.9. The van der Waals surface area contributed by atoms with Crippen LogP contribution in [0.25, 0.3) is 23.1 Å². The number of rotatable bonds is 6. The molecule has 0 atom stereocenters. The van der Waals surface area contributed by atoms with Crippen molar-refractivity contribution >= 4 is 40.3 Å². The fourth-order valence-electron chi connectivity index (χ4n) is 3.09. The molecular formula is C22H17F2N3O2S. The summed E-state index contributed by atoms with van der Waals surface area (Å²) in [5.74, 6) is -1.23. The molecule has 0 fully saturated rings. The van der Waals surface area contributed by atoms with E-state index in [-0.39, 0.29) is 11.5 Å². The molecule has 0 saturated heterocycles. The van der Waals surface area contributed by atoms with Gasteiger partial charge in [-0.05, 0) is 58.8 Å². The average molecular weight is 425 g/mol. The highest BCUT2D eigenvalue weighted by molar-refractivity contribution is 7.07. The van der Waals surface area contributed by atoms with Crippen LogP contribution in [-0.2, 0) is 6.54 Å². The number of benzene rings is 2. The van der Waals surface area contributed by atoms with Gasteiger partial charge in [0.2, 0.25) is 0 Å². The Morgan fingerprint density at radius 2 is 2.10 bits per heavy atom. The van der Waals surface area contributed by atoms with Gasteiger partial charge in [0.25, 0.3) is 5.91 Å². The average Bonchev–Trinajstić information content (AvgIpc) is 3.40. The van der Waals surface area contributed by atoms with Crippen LogP contribution in [-0.4, -0.2) is 23.2 Å². The Morgan fingerprint density at radius 1 is 1.23 bits per heavy atom. The molecule has 4 rings (SSSR count). The van der Waals surface area contributed by atoms with E-state index in [1.807, 2.05) is 16.8 Å². The number of carbonyl (C=O) groups excluding carboxylic acids is 1. The van der Waals surface area contributed by atoms with E-state index in [0.717, 1.165) is 11.6 Å². The number of carbonyl (C=O) groups is 1. The molecule has 0 spiro atoms. The van der Waals surface area contributed by atoms with Crippen molar-refractivity contribution in [3.05, 3.63) is 81.2 Å². The number of fused-ring (bicyclic) bond motifs is 1. The van der Waals surface area contributed by atoms with Gasteiger partial charge in [-0.15, -0.1) is 0 Å². The Kier molecular flexibility index (Phi) is 5.58. The first-order chi connectivity index (χ1) is 14.6. The number of halogens is 2. The lowest BCUT2D eigenvalue weighted by molar-refractivity contribution is 0.0948. The maximum Gasteiger partial charge on any atom is 0.255 e. The number of H-pyrrole nitrogens is 1. The van der Waals surface area contributed by atoms with E-state index < -0.39 is 11.6 Å². The standard InChI is InChI=1S/C22H17F2N3O2S/c1-29-21-16(22(28)25-11-13-8-9-30-12-13)5-7-19-20(21)18(26-27-19)6-3-14-2-4-15(23)10-17(14)24/h2-10,12H,11H2,1H3,(H,25,28)(H,26,27). The summed E-state index contributed by atoms with van der Waals surface area (Å²) in [7, 11) is 1.48. The Hall–Kier alpha value is -3.52. The van der Waals surface area contributed by atoms with Gasteiger partial charge < -0.3 is 10.1 Å². The highest BCUT2D eigenvalue weighted by Gasteiger charge is 2.19. The van der Waals surface area contributed by atoms with Crippen molar-refractivity contribution in [1.82, 2.24) is 15.5 Å². The van der Waals surface area contributed by atoms with Gasteiger partial charge >= 0.3 is 0 Å². The summed E-state index contributed by atoms with van der Waals surface area (Å²) in [6.45, 7) is 0.408. The molecule has 4 aromatic rings. The minimum absolute atomic E-state index is 0.219. The number of thiophene rings is 1. The molecule has 30 heavy (non-hydrogen) atoms. The number of hydrogen-bond donors (Lipinski definition) is 2. The van der Waals surface area contributed by atoms with Crippen molar-refractivity contribution in [2.75, 3.05) is 7.11 Å². The van der Waals surface area contributed by atoms with Gasteiger partial charge in [0.05, 0.1) is 29.3 Å². The van der Waals surface area contributed by atoms with Gasteiger partial charge in [0.1, 0.15) is 17.4 Å². The molecule has 2 aromatic heterocycles. The topological polar surface area (TPSA) is 67.0 Å². The highest BCUT2D eigenvalue weighted by Crippen LogP contribution is 2.32. The SMILES string of the molecule is COc1c(C(=O)NCc2ccsc2)ccc2[nH]nc(C=Cc3ccc(F)cc3F)c12. The van der Waals surface area contributed by atoms with Crippen LogP contribution in [0.15, 0.2) is 47.2 Å². The van der Waals surface area contributed by atoms with Crippen LogP contribution >= 0.6 is 11.3 Å². The molecule has 1 amide bonds. The molecule has 0 aliphatic carbocycles. The summed E-state index contributed by atoms with van der Waals surface area (Å²) in [6.07, 6.45) is 3.08. The first-order valence-corrected chi connectivity index (χ1v) is 9.98. The molecule has 152 valence electrons. The fourth-order valence-corrected chi connectivity index (χ4v) is 3.76. The molecule has 0 saturated carbocycles. The smallest absolute Gasteiger partial charge is 0.255 e. The van der Waals surface area contributed by atoms with Gasteiger partial charge in [-0.25, -0.2) is 8.78 Å². The summed E-state index contributed by atoms with van der Waals surface area (Å²) in [6, 6.07) is 8.69. The largest absolute Gasteiger partial charge is 0.495 e. The molecule has 0 aliphatic heterocycles. The Bertz CT molecular complexity index is 1230. The van der Waals surface area contributed by atoms with E-state index in [1.165, 1.54) is 25.3 Å². The second-order valence-electron chi connectivity index (χ2n) is 6.49. The van der Waals surface area contributed by atoms with Crippen LogP contribution in [0.5, 0.6) is 5.75 Å². The number of hydrogen-bond acceptors (Lipinski definition) is 4. The molecule has 2 heterocycles. The number of nitrogens with zero attached hydrogens (tertiary/aromatic N) is 1. The monoisotopic (exact) mass is 425 g/mol. The number of amides is 1. The van der Waals surface area contributed by atoms with Gasteiger partial charge in [-0.1, -0.05) is 0 Å².